The van der Waals surface area contributed by atoms with Crippen LogP contribution in [0.3, 0.4) is 0 Å². The van der Waals surface area contributed by atoms with Crippen LogP contribution in [0, 0.1) is 0 Å². The number of hydrogen-bond donors (Lipinski definition) is 1. The van der Waals surface area contributed by atoms with Crippen molar-refractivity contribution in [3.63, 3.8) is 0 Å². The molecule has 2 aromatic heterocycles. The van der Waals surface area contributed by atoms with Crippen LogP contribution in [0.2, 0.25) is 0 Å². The van der Waals surface area contributed by atoms with Gasteiger partial charge in [-0.15, -0.1) is 11.3 Å². The number of esters is 1. The molecule has 1 aromatic carbocycles. The second-order valence-corrected chi connectivity index (χ2v) is 12.5. The molecule has 2 saturated heterocycles. The Labute approximate surface area is 244 Å². The Morgan fingerprint density at radius 2 is 1.66 bits per heavy atom. The van der Waals surface area contributed by atoms with E-state index in [0.717, 1.165) is 18.4 Å². The molecule has 1 aliphatic carbocycles. The van der Waals surface area contributed by atoms with Gasteiger partial charge in [0.25, 0.3) is 11.5 Å². The highest BCUT2D eigenvalue weighted by Gasteiger charge is 2.44. The molecule has 1 saturated carbocycles. The van der Waals surface area contributed by atoms with E-state index in [0.29, 0.717) is 41.1 Å². The van der Waals surface area contributed by atoms with Crippen molar-refractivity contribution in [2.45, 2.75) is 108 Å². The van der Waals surface area contributed by atoms with Crippen molar-refractivity contribution in [2.75, 3.05) is 11.9 Å². The first kappa shape index (κ1) is 28.0. The lowest BCUT2D eigenvalue weighted by atomic mass is 9.89. The fraction of sp³-hybridized carbons (Fsp3) is 0.581. The van der Waals surface area contributed by atoms with Crippen LogP contribution in [0.4, 0.5) is 5.13 Å². The zero-order chi connectivity index (χ0) is 28.3. The highest BCUT2D eigenvalue weighted by atomic mass is 32.1. The fourth-order valence-electron chi connectivity index (χ4n) is 7.35. The van der Waals surface area contributed by atoms with Crippen molar-refractivity contribution in [2.24, 2.45) is 0 Å². The second kappa shape index (κ2) is 12.4. The number of nitrogens with zero attached hydrogens (tertiary/aromatic N) is 4. The molecule has 0 radical (unpaired) electrons. The van der Waals surface area contributed by atoms with Crippen molar-refractivity contribution in [1.82, 2.24) is 19.4 Å². The first-order valence-electron chi connectivity index (χ1n) is 15.2. The molecule has 2 aliphatic heterocycles. The van der Waals surface area contributed by atoms with Gasteiger partial charge in [-0.3, -0.25) is 24.6 Å². The summed E-state index contributed by atoms with van der Waals surface area (Å²) >= 11 is 1.21. The average Bonchev–Trinajstić information content (AvgIpc) is 3.48. The summed E-state index contributed by atoms with van der Waals surface area (Å²) in [6.45, 7) is 2.05. The minimum atomic E-state index is -0.582. The molecule has 4 heterocycles. The summed E-state index contributed by atoms with van der Waals surface area (Å²) < 4.78 is 6.84. The molecule has 1 amide bonds. The molecule has 3 aromatic rings. The topological polar surface area (TPSA) is 106 Å². The molecule has 1 N–H and O–H groups in total. The van der Waals surface area contributed by atoms with Crippen molar-refractivity contribution >= 4 is 39.4 Å². The first-order valence-corrected chi connectivity index (χ1v) is 16.1. The molecular weight excluding hydrogens is 538 g/mol. The Kier molecular flexibility index (Phi) is 8.48. The Balaban J connectivity index is 1.25. The van der Waals surface area contributed by atoms with Crippen LogP contribution in [-0.2, 0) is 16.0 Å². The monoisotopic (exact) mass is 577 g/mol. The highest BCUT2D eigenvalue weighted by molar-refractivity contribution is 7.14. The van der Waals surface area contributed by atoms with Gasteiger partial charge in [-0.25, -0.2) is 9.97 Å². The molecule has 10 heteroatoms. The Morgan fingerprint density at radius 1 is 0.951 bits per heavy atom. The maximum Gasteiger partial charge on any atom is 0.311 e. The Morgan fingerprint density at radius 3 is 2.39 bits per heavy atom. The number of ether oxygens (including phenoxy) is 1. The Bertz CT molecular complexity index is 1450. The van der Waals surface area contributed by atoms with Crippen molar-refractivity contribution in [1.29, 1.82) is 0 Å². The minimum absolute atomic E-state index is 0.0281. The van der Waals surface area contributed by atoms with Gasteiger partial charge < -0.3 is 9.30 Å². The summed E-state index contributed by atoms with van der Waals surface area (Å²) in [6, 6.07) is 9.26. The fourth-order valence-corrected chi connectivity index (χ4v) is 8.06. The lowest BCUT2D eigenvalue weighted by Gasteiger charge is -2.45. The number of carbonyl (C=O) groups is 2. The first-order chi connectivity index (χ1) is 20.0. The zero-order valence-corrected chi connectivity index (χ0v) is 24.5. The zero-order valence-electron chi connectivity index (χ0n) is 23.7. The normalized spacial score (nSPS) is 23.7. The van der Waals surface area contributed by atoms with E-state index in [1.807, 2.05) is 28.8 Å². The van der Waals surface area contributed by atoms with Gasteiger partial charge in [0.15, 0.2) is 10.8 Å². The molecule has 0 unspecified atom stereocenters. The smallest absolute Gasteiger partial charge is 0.311 e. The third-order valence-electron chi connectivity index (χ3n) is 9.04. The van der Waals surface area contributed by atoms with E-state index in [1.54, 1.807) is 12.3 Å². The van der Waals surface area contributed by atoms with Crippen LogP contribution in [0.1, 0.15) is 99.8 Å². The summed E-state index contributed by atoms with van der Waals surface area (Å²) in [6.07, 6.45) is 13.5. The van der Waals surface area contributed by atoms with Crippen LogP contribution < -0.4 is 10.9 Å². The SMILES string of the molecule is CCOC(=O)Cc1csc(NC(=O)c2nc3ccccc3n([C@H]3C[C@H]4CC[C@@H](C3)N4C3CCCCCCC3)c2=O)n1. The number of aromatic nitrogens is 3. The van der Waals surface area contributed by atoms with Crippen LogP contribution >= 0.6 is 11.3 Å². The molecule has 218 valence electrons. The number of piperidine rings is 1. The van der Waals surface area contributed by atoms with E-state index in [1.165, 1.54) is 69.1 Å². The molecule has 6 rings (SSSR count). The summed E-state index contributed by atoms with van der Waals surface area (Å²) in [5.41, 5.74) is 1.45. The van der Waals surface area contributed by atoms with Gasteiger partial charge in [0.1, 0.15) is 0 Å². The summed E-state index contributed by atoms with van der Waals surface area (Å²) in [7, 11) is 0. The van der Waals surface area contributed by atoms with Crippen molar-refractivity contribution in [3.05, 3.63) is 51.4 Å². The maximum atomic E-state index is 14.0. The summed E-state index contributed by atoms with van der Waals surface area (Å²) in [5.74, 6) is -0.953. The number of rotatable bonds is 7. The second-order valence-electron chi connectivity index (χ2n) is 11.7. The number of para-hydroxylation sites is 2. The standard InChI is InChI=1S/C31H39N5O4S/c1-2-40-27(37)16-20-19-41-31(32-20)34-29(38)28-30(39)36(26-13-9-8-12-25(26)33-28)24-17-22-14-15-23(18-24)35(22)21-10-6-4-3-5-7-11-21/h8-9,12-13,19,21-24H,2-7,10-11,14-18H2,1H3,(H,32,34,38)/t22-,23+,24+. The van der Waals surface area contributed by atoms with Crippen molar-refractivity contribution in [3.8, 4) is 0 Å². The van der Waals surface area contributed by atoms with E-state index >= 15 is 0 Å². The third kappa shape index (κ3) is 5.95. The number of fused-ring (bicyclic) bond motifs is 3. The number of anilines is 1. The van der Waals surface area contributed by atoms with E-state index in [4.69, 9.17) is 4.74 Å². The Hall–Kier alpha value is -3.11. The number of thiazole rings is 1. The van der Waals surface area contributed by atoms with Gasteiger partial charge in [0.05, 0.1) is 29.8 Å². The van der Waals surface area contributed by atoms with E-state index in [9.17, 15) is 14.4 Å². The van der Waals surface area contributed by atoms with Crippen LogP contribution in [0.15, 0.2) is 34.4 Å². The predicted molar refractivity (Wildman–Crippen MR) is 159 cm³/mol. The van der Waals surface area contributed by atoms with Gasteiger partial charge in [-0.1, -0.05) is 44.2 Å². The predicted octanol–water partition coefficient (Wildman–Crippen LogP) is 5.49. The number of amides is 1. The number of hydrogen-bond acceptors (Lipinski definition) is 8. The van der Waals surface area contributed by atoms with E-state index < -0.39 is 5.91 Å². The largest absolute Gasteiger partial charge is 0.466 e. The van der Waals surface area contributed by atoms with Crippen LogP contribution in [-0.4, -0.2) is 56.0 Å². The lowest BCUT2D eigenvalue weighted by Crippen LogP contribution is -2.50. The van der Waals surface area contributed by atoms with Gasteiger partial charge >= 0.3 is 5.97 Å². The number of nitrogens with one attached hydrogen (secondary N) is 1. The molecule has 3 atom stereocenters. The quantitative estimate of drug-likeness (QED) is 0.370. The number of benzene rings is 1. The molecular formula is C31H39N5O4S. The maximum absolute atomic E-state index is 14.0. The third-order valence-corrected chi connectivity index (χ3v) is 9.85. The van der Waals surface area contributed by atoms with E-state index in [2.05, 4.69) is 20.2 Å². The van der Waals surface area contributed by atoms with Gasteiger partial charge in [-0.2, -0.15) is 0 Å². The molecule has 0 spiro atoms. The van der Waals surface area contributed by atoms with Crippen LogP contribution in [0.5, 0.6) is 0 Å². The van der Waals surface area contributed by atoms with Gasteiger partial charge in [-0.05, 0) is 57.6 Å². The number of carbonyl (C=O) groups excluding carboxylic acids is 2. The molecule has 9 nitrogen and oxygen atoms in total. The highest BCUT2D eigenvalue weighted by Crippen LogP contribution is 2.44. The molecule has 3 fully saturated rings. The molecule has 3 aliphatic rings. The average molecular weight is 578 g/mol. The van der Waals surface area contributed by atoms with Gasteiger partial charge in [0, 0.05) is 29.5 Å². The molecule has 2 bridgehead atoms. The van der Waals surface area contributed by atoms with Gasteiger partial charge in [0.2, 0.25) is 0 Å². The van der Waals surface area contributed by atoms with E-state index in [-0.39, 0.29) is 29.7 Å². The summed E-state index contributed by atoms with van der Waals surface area (Å²) in [5, 5.41) is 4.77. The minimum Gasteiger partial charge on any atom is -0.466 e. The van der Waals surface area contributed by atoms with Crippen molar-refractivity contribution < 1.29 is 14.3 Å². The van der Waals surface area contributed by atoms with Crippen LogP contribution in [0.25, 0.3) is 11.0 Å². The molecule has 41 heavy (non-hydrogen) atoms. The summed E-state index contributed by atoms with van der Waals surface area (Å²) in [4.78, 5) is 50.9. The lowest BCUT2D eigenvalue weighted by molar-refractivity contribution is -0.142.